The molecule has 0 unspecified atom stereocenters. The second kappa shape index (κ2) is 5.16. The number of hydrogen-bond donors (Lipinski definition) is 3. The third-order valence-corrected chi connectivity index (χ3v) is 3.20. The van der Waals surface area contributed by atoms with Crippen LogP contribution >= 0.6 is 0 Å². The molecule has 1 aromatic carbocycles. The number of para-hydroxylation sites is 1. The minimum absolute atomic E-state index is 0.150. The number of nitrogens with zero attached hydrogens (tertiary/aromatic N) is 2. The fourth-order valence-corrected chi connectivity index (χ4v) is 1.72. The average molecular weight is 272 g/mol. The molecule has 0 spiro atoms. The van der Waals surface area contributed by atoms with E-state index in [0.717, 1.165) is 5.39 Å². The van der Waals surface area contributed by atoms with Gasteiger partial charge in [-0.05, 0) is 26.0 Å². The highest BCUT2D eigenvalue weighted by Gasteiger charge is 2.33. The van der Waals surface area contributed by atoms with E-state index in [1.54, 1.807) is 26.1 Å². The maximum atomic E-state index is 12.3. The van der Waals surface area contributed by atoms with Crippen LogP contribution in [0.1, 0.15) is 13.8 Å². The van der Waals surface area contributed by atoms with Crippen LogP contribution in [0.15, 0.2) is 41.7 Å². The predicted molar refractivity (Wildman–Crippen MR) is 77.6 cm³/mol. The summed E-state index contributed by atoms with van der Waals surface area (Å²) < 4.78 is 0. The number of amidine groups is 1. The van der Waals surface area contributed by atoms with Gasteiger partial charge in [0.1, 0.15) is 5.41 Å². The molecule has 2 aromatic rings. The van der Waals surface area contributed by atoms with Crippen molar-refractivity contribution in [2.45, 2.75) is 13.8 Å². The number of carbonyl (C=O) groups excluding carboxylic acids is 1. The van der Waals surface area contributed by atoms with E-state index in [-0.39, 0.29) is 11.7 Å². The molecule has 1 heterocycles. The van der Waals surface area contributed by atoms with Gasteiger partial charge in [-0.3, -0.25) is 9.78 Å². The average Bonchev–Trinajstić information content (AvgIpc) is 2.46. The molecule has 6 heteroatoms. The molecule has 4 N–H and O–H groups in total. The fraction of sp³-hybridized carbons (Fsp3) is 0.214. The summed E-state index contributed by atoms with van der Waals surface area (Å²) in [5.41, 5.74) is 5.71. The second-order valence-electron chi connectivity index (χ2n) is 4.95. The number of amides is 1. The number of hydrogen-bond acceptors (Lipinski definition) is 4. The van der Waals surface area contributed by atoms with Gasteiger partial charge in [-0.15, -0.1) is 0 Å². The lowest BCUT2D eigenvalue weighted by molar-refractivity contribution is -0.121. The summed E-state index contributed by atoms with van der Waals surface area (Å²) in [6.45, 7) is 3.16. The van der Waals surface area contributed by atoms with Gasteiger partial charge in [0.05, 0.1) is 11.2 Å². The lowest BCUT2D eigenvalue weighted by Gasteiger charge is -2.22. The van der Waals surface area contributed by atoms with E-state index in [2.05, 4.69) is 15.5 Å². The second-order valence-corrected chi connectivity index (χ2v) is 4.95. The molecule has 0 bridgehead atoms. The van der Waals surface area contributed by atoms with Gasteiger partial charge < -0.3 is 16.3 Å². The fourth-order valence-electron chi connectivity index (χ4n) is 1.72. The van der Waals surface area contributed by atoms with Gasteiger partial charge in [-0.2, -0.15) is 0 Å². The summed E-state index contributed by atoms with van der Waals surface area (Å²) >= 11 is 0. The van der Waals surface area contributed by atoms with Gasteiger partial charge >= 0.3 is 0 Å². The van der Waals surface area contributed by atoms with E-state index in [9.17, 15) is 4.79 Å². The van der Waals surface area contributed by atoms with Crippen LogP contribution in [0.4, 0.5) is 5.69 Å². The molecule has 1 amide bonds. The Morgan fingerprint density at radius 3 is 2.75 bits per heavy atom. The van der Waals surface area contributed by atoms with E-state index in [1.807, 2.05) is 24.3 Å². The maximum Gasteiger partial charge on any atom is 0.237 e. The van der Waals surface area contributed by atoms with Crippen LogP contribution in [-0.4, -0.2) is 21.9 Å². The SMILES string of the molecule is CC(C)(C(=O)Nc1cccc2cccnc12)C(N)=NO. The van der Waals surface area contributed by atoms with Gasteiger partial charge in [0.25, 0.3) is 0 Å². The molecule has 0 atom stereocenters. The van der Waals surface area contributed by atoms with Crippen LogP contribution in [0.3, 0.4) is 0 Å². The number of oxime groups is 1. The van der Waals surface area contributed by atoms with E-state index in [1.165, 1.54) is 0 Å². The summed E-state index contributed by atoms with van der Waals surface area (Å²) in [6.07, 6.45) is 1.66. The van der Waals surface area contributed by atoms with Crippen LogP contribution in [0.5, 0.6) is 0 Å². The number of carbonyl (C=O) groups is 1. The van der Waals surface area contributed by atoms with Crippen LogP contribution < -0.4 is 11.1 Å². The molecule has 0 aliphatic heterocycles. The highest BCUT2D eigenvalue weighted by atomic mass is 16.4. The zero-order valence-corrected chi connectivity index (χ0v) is 11.3. The number of anilines is 1. The minimum Gasteiger partial charge on any atom is -0.409 e. The molecular formula is C14H16N4O2. The molecule has 0 fully saturated rings. The summed E-state index contributed by atoms with van der Waals surface area (Å²) in [5.74, 6) is -0.519. The van der Waals surface area contributed by atoms with Crippen molar-refractivity contribution in [1.82, 2.24) is 4.98 Å². The standard InChI is InChI=1S/C14H16N4O2/c1-14(2,12(15)18-20)13(19)17-10-7-3-5-9-6-4-8-16-11(9)10/h3-8,20H,1-2H3,(H2,15,18)(H,17,19). The normalized spacial score (nSPS) is 12.4. The number of rotatable bonds is 3. The minimum atomic E-state index is -1.12. The van der Waals surface area contributed by atoms with Gasteiger partial charge in [-0.25, -0.2) is 0 Å². The molecule has 0 saturated heterocycles. The monoisotopic (exact) mass is 272 g/mol. The number of pyridine rings is 1. The lowest BCUT2D eigenvalue weighted by atomic mass is 9.91. The zero-order chi connectivity index (χ0) is 14.8. The molecule has 6 nitrogen and oxygen atoms in total. The van der Waals surface area contributed by atoms with Crippen molar-refractivity contribution in [3.63, 3.8) is 0 Å². The van der Waals surface area contributed by atoms with Crippen LogP contribution in [0.2, 0.25) is 0 Å². The Morgan fingerprint density at radius 1 is 1.35 bits per heavy atom. The van der Waals surface area contributed by atoms with Gasteiger partial charge in [0, 0.05) is 11.6 Å². The lowest BCUT2D eigenvalue weighted by Crippen LogP contribution is -2.42. The molecule has 2 rings (SSSR count). The van der Waals surface area contributed by atoms with Crippen molar-refractivity contribution in [1.29, 1.82) is 0 Å². The molecule has 0 saturated carbocycles. The van der Waals surface area contributed by atoms with Crippen molar-refractivity contribution in [2.24, 2.45) is 16.3 Å². The summed E-state index contributed by atoms with van der Waals surface area (Å²) in [4.78, 5) is 16.5. The first-order chi connectivity index (χ1) is 9.46. The van der Waals surface area contributed by atoms with E-state index >= 15 is 0 Å². The van der Waals surface area contributed by atoms with Gasteiger partial charge in [0.15, 0.2) is 5.84 Å². The van der Waals surface area contributed by atoms with Crippen molar-refractivity contribution in [3.05, 3.63) is 36.5 Å². The summed E-state index contributed by atoms with van der Waals surface area (Å²) in [5, 5.41) is 15.3. The molecule has 104 valence electrons. The molecule has 0 radical (unpaired) electrons. The van der Waals surface area contributed by atoms with Gasteiger partial charge in [0.2, 0.25) is 5.91 Å². The van der Waals surface area contributed by atoms with Crippen molar-refractivity contribution in [3.8, 4) is 0 Å². The summed E-state index contributed by atoms with van der Waals surface area (Å²) in [6, 6.07) is 9.24. The van der Waals surface area contributed by atoms with Crippen molar-refractivity contribution in [2.75, 3.05) is 5.32 Å². The highest BCUT2D eigenvalue weighted by molar-refractivity contribution is 6.13. The van der Waals surface area contributed by atoms with Crippen LogP contribution in [0.25, 0.3) is 10.9 Å². The first-order valence-electron chi connectivity index (χ1n) is 6.10. The number of benzene rings is 1. The number of nitrogens with one attached hydrogen (secondary N) is 1. The number of fused-ring (bicyclic) bond motifs is 1. The van der Waals surface area contributed by atoms with E-state index in [0.29, 0.717) is 11.2 Å². The van der Waals surface area contributed by atoms with Crippen molar-refractivity contribution < 1.29 is 10.0 Å². The smallest absolute Gasteiger partial charge is 0.237 e. The third-order valence-electron chi connectivity index (χ3n) is 3.20. The Labute approximate surface area is 116 Å². The zero-order valence-electron chi connectivity index (χ0n) is 11.3. The first kappa shape index (κ1) is 13.8. The Kier molecular flexibility index (Phi) is 3.56. The highest BCUT2D eigenvalue weighted by Crippen LogP contribution is 2.24. The van der Waals surface area contributed by atoms with Crippen molar-refractivity contribution >= 4 is 28.3 Å². The first-order valence-corrected chi connectivity index (χ1v) is 6.10. The van der Waals surface area contributed by atoms with E-state index < -0.39 is 5.41 Å². The van der Waals surface area contributed by atoms with Crippen LogP contribution in [0, 0.1) is 5.41 Å². The molecular weight excluding hydrogens is 256 g/mol. The Bertz CT molecular complexity index is 674. The van der Waals surface area contributed by atoms with Gasteiger partial charge in [-0.1, -0.05) is 23.4 Å². The van der Waals surface area contributed by atoms with Crippen LogP contribution in [-0.2, 0) is 4.79 Å². The number of aromatic nitrogens is 1. The Balaban J connectivity index is 2.36. The Morgan fingerprint density at radius 2 is 2.05 bits per heavy atom. The quantitative estimate of drug-likeness (QED) is 0.344. The third kappa shape index (κ3) is 2.40. The molecule has 20 heavy (non-hydrogen) atoms. The molecule has 0 aliphatic rings. The molecule has 1 aromatic heterocycles. The maximum absolute atomic E-state index is 12.3. The number of nitrogens with two attached hydrogens (primary N) is 1. The largest absolute Gasteiger partial charge is 0.409 e. The van der Waals surface area contributed by atoms with E-state index in [4.69, 9.17) is 10.9 Å². The summed E-state index contributed by atoms with van der Waals surface area (Å²) in [7, 11) is 0. The Hall–Kier alpha value is -2.63. The topological polar surface area (TPSA) is 101 Å². The molecule has 0 aliphatic carbocycles. The predicted octanol–water partition coefficient (Wildman–Crippen LogP) is 1.95.